The number of aryl methyl sites for hydroxylation is 2. The Hall–Kier alpha value is -3.06. The first-order chi connectivity index (χ1) is 14.0. The van der Waals surface area contributed by atoms with Crippen LogP contribution in [0.25, 0.3) is 0 Å². The van der Waals surface area contributed by atoms with Crippen LogP contribution in [0.3, 0.4) is 0 Å². The lowest BCUT2D eigenvalue weighted by Crippen LogP contribution is -2.24. The van der Waals surface area contributed by atoms with Crippen molar-refractivity contribution >= 4 is 34.0 Å². The number of carbonyl (C=O) groups excluding carboxylic acids is 2. The van der Waals surface area contributed by atoms with E-state index in [0.29, 0.717) is 18.1 Å². The number of hydrogen-bond donors (Lipinski definition) is 1. The summed E-state index contributed by atoms with van der Waals surface area (Å²) in [6.45, 7) is 4.60. The summed E-state index contributed by atoms with van der Waals surface area (Å²) in [5.41, 5.74) is 4.14. The number of rotatable bonds is 5. The first kappa shape index (κ1) is 19.3. The van der Waals surface area contributed by atoms with Crippen molar-refractivity contribution in [3.05, 3.63) is 70.2 Å². The summed E-state index contributed by atoms with van der Waals surface area (Å²) in [5, 5.41) is 12.4. The number of nitrogens with one attached hydrogen (secondary N) is 1. The molecule has 0 spiro atoms. The zero-order valence-corrected chi connectivity index (χ0v) is 17.2. The molecular weight excluding hydrogens is 384 g/mol. The maximum absolute atomic E-state index is 12.5. The SMILES string of the molecule is Cc1ccc(CC(=O)Nc2nnc(C3CC(=O)N(c4cccc(C)c4)C3)s2)cc1. The second-order valence-electron chi connectivity index (χ2n) is 7.40. The molecule has 1 atom stereocenters. The van der Waals surface area contributed by atoms with Crippen LogP contribution < -0.4 is 10.2 Å². The number of carbonyl (C=O) groups is 2. The van der Waals surface area contributed by atoms with E-state index in [1.54, 1.807) is 4.90 Å². The molecule has 0 radical (unpaired) electrons. The van der Waals surface area contributed by atoms with Crippen LogP contribution in [0.2, 0.25) is 0 Å². The Morgan fingerprint density at radius 2 is 1.93 bits per heavy atom. The minimum Gasteiger partial charge on any atom is -0.312 e. The van der Waals surface area contributed by atoms with E-state index >= 15 is 0 Å². The Kier molecular flexibility index (Phi) is 5.40. The molecule has 1 fully saturated rings. The Bertz CT molecular complexity index is 1040. The Morgan fingerprint density at radius 3 is 2.69 bits per heavy atom. The third-order valence-electron chi connectivity index (χ3n) is 4.96. The summed E-state index contributed by atoms with van der Waals surface area (Å²) in [7, 11) is 0. The topological polar surface area (TPSA) is 75.2 Å². The highest BCUT2D eigenvalue weighted by molar-refractivity contribution is 7.15. The Balaban J connectivity index is 1.39. The molecule has 1 N–H and O–H groups in total. The highest BCUT2D eigenvalue weighted by Crippen LogP contribution is 2.34. The molecule has 29 heavy (non-hydrogen) atoms. The molecule has 1 aliphatic heterocycles. The van der Waals surface area contributed by atoms with Gasteiger partial charge in [0.2, 0.25) is 16.9 Å². The van der Waals surface area contributed by atoms with Gasteiger partial charge in [-0.3, -0.25) is 9.59 Å². The summed E-state index contributed by atoms with van der Waals surface area (Å²) < 4.78 is 0. The van der Waals surface area contributed by atoms with Crippen LogP contribution in [-0.2, 0) is 16.0 Å². The average molecular weight is 407 g/mol. The summed E-state index contributed by atoms with van der Waals surface area (Å²) in [5.74, 6) is -0.0514. The van der Waals surface area contributed by atoms with Crippen molar-refractivity contribution in [2.45, 2.75) is 32.6 Å². The fourth-order valence-electron chi connectivity index (χ4n) is 3.42. The number of benzene rings is 2. The first-order valence-corrected chi connectivity index (χ1v) is 10.4. The molecule has 1 aliphatic rings. The molecule has 1 saturated heterocycles. The van der Waals surface area contributed by atoms with Crippen LogP contribution >= 0.6 is 11.3 Å². The quantitative estimate of drug-likeness (QED) is 0.698. The van der Waals surface area contributed by atoms with Crippen molar-refractivity contribution in [1.29, 1.82) is 0 Å². The molecule has 0 saturated carbocycles. The molecule has 2 amide bonds. The number of anilines is 2. The number of amides is 2. The van der Waals surface area contributed by atoms with Gasteiger partial charge in [-0.25, -0.2) is 0 Å². The van der Waals surface area contributed by atoms with Gasteiger partial charge in [-0.15, -0.1) is 10.2 Å². The molecule has 3 aromatic rings. The largest absolute Gasteiger partial charge is 0.312 e. The van der Waals surface area contributed by atoms with Crippen molar-refractivity contribution in [1.82, 2.24) is 10.2 Å². The van der Waals surface area contributed by atoms with Crippen LogP contribution in [0.15, 0.2) is 48.5 Å². The lowest BCUT2D eigenvalue weighted by molar-refractivity contribution is -0.117. The summed E-state index contributed by atoms with van der Waals surface area (Å²) in [6.07, 6.45) is 0.693. The van der Waals surface area contributed by atoms with Gasteiger partial charge in [0.25, 0.3) is 0 Å². The maximum atomic E-state index is 12.5. The zero-order valence-electron chi connectivity index (χ0n) is 16.4. The van der Waals surface area contributed by atoms with E-state index < -0.39 is 0 Å². The van der Waals surface area contributed by atoms with Crippen molar-refractivity contribution in [3.63, 3.8) is 0 Å². The smallest absolute Gasteiger partial charge is 0.230 e. The van der Waals surface area contributed by atoms with Crippen molar-refractivity contribution in [2.75, 3.05) is 16.8 Å². The number of hydrogen-bond acceptors (Lipinski definition) is 5. The third kappa shape index (κ3) is 4.51. The highest BCUT2D eigenvalue weighted by Gasteiger charge is 2.34. The molecule has 0 bridgehead atoms. The number of nitrogens with zero attached hydrogens (tertiary/aromatic N) is 3. The molecule has 2 aromatic carbocycles. The van der Waals surface area contributed by atoms with Crippen LogP contribution in [-0.4, -0.2) is 28.6 Å². The highest BCUT2D eigenvalue weighted by atomic mass is 32.1. The number of aromatic nitrogens is 2. The molecule has 1 unspecified atom stereocenters. The fraction of sp³-hybridized carbons (Fsp3) is 0.273. The summed E-state index contributed by atoms with van der Waals surface area (Å²) in [6, 6.07) is 15.8. The first-order valence-electron chi connectivity index (χ1n) is 9.54. The molecule has 7 heteroatoms. The molecule has 1 aromatic heterocycles. The van der Waals surface area contributed by atoms with Gasteiger partial charge in [0.1, 0.15) is 5.01 Å². The lowest BCUT2D eigenvalue weighted by atomic mass is 10.1. The minimum atomic E-state index is -0.125. The van der Waals surface area contributed by atoms with Crippen LogP contribution in [0, 0.1) is 13.8 Å². The fourth-order valence-corrected chi connectivity index (χ4v) is 4.27. The molecule has 4 rings (SSSR count). The summed E-state index contributed by atoms with van der Waals surface area (Å²) in [4.78, 5) is 26.6. The molecule has 0 aliphatic carbocycles. The van der Waals surface area contributed by atoms with E-state index in [2.05, 4.69) is 15.5 Å². The van der Waals surface area contributed by atoms with Crippen LogP contribution in [0.1, 0.15) is 34.0 Å². The Labute approximate surface area is 173 Å². The molecule has 2 heterocycles. The third-order valence-corrected chi connectivity index (χ3v) is 5.96. The zero-order chi connectivity index (χ0) is 20.4. The van der Waals surface area contributed by atoms with Crippen molar-refractivity contribution < 1.29 is 9.59 Å². The Morgan fingerprint density at radius 1 is 1.14 bits per heavy atom. The van der Waals surface area contributed by atoms with E-state index in [1.807, 2.05) is 62.4 Å². The predicted octanol–water partition coefficient (Wildman–Crippen LogP) is 3.86. The van der Waals surface area contributed by atoms with Gasteiger partial charge in [-0.2, -0.15) is 0 Å². The lowest BCUT2D eigenvalue weighted by Gasteiger charge is -2.16. The van der Waals surface area contributed by atoms with E-state index in [0.717, 1.165) is 27.4 Å². The second kappa shape index (κ2) is 8.13. The average Bonchev–Trinajstić information content (AvgIpc) is 3.30. The van der Waals surface area contributed by atoms with Crippen molar-refractivity contribution in [2.24, 2.45) is 0 Å². The molecule has 6 nitrogen and oxygen atoms in total. The van der Waals surface area contributed by atoms with E-state index in [9.17, 15) is 9.59 Å². The van der Waals surface area contributed by atoms with Crippen LogP contribution in [0.4, 0.5) is 10.8 Å². The van der Waals surface area contributed by atoms with E-state index in [4.69, 9.17) is 0 Å². The summed E-state index contributed by atoms with van der Waals surface area (Å²) >= 11 is 1.34. The van der Waals surface area contributed by atoms with Gasteiger partial charge in [0.05, 0.1) is 6.42 Å². The molecule has 148 valence electrons. The van der Waals surface area contributed by atoms with Crippen LogP contribution in [0.5, 0.6) is 0 Å². The van der Waals surface area contributed by atoms with Gasteiger partial charge in [0.15, 0.2) is 0 Å². The standard InChI is InChI=1S/C22H22N4O2S/c1-14-6-8-16(9-7-14)11-19(27)23-22-25-24-21(29-22)17-12-20(28)26(13-17)18-5-3-4-15(2)10-18/h3-10,17H,11-13H2,1-2H3,(H,23,25,27). The van der Waals surface area contributed by atoms with Gasteiger partial charge in [-0.1, -0.05) is 53.3 Å². The van der Waals surface area contributed by atoms with E-state index in [1.165, 1.54) is 11.3 Å². The predicted molar refractivity (Wildman–Crippen MR) is 114 cm³/mol. The van der Waals surface area contributed by atoms with Gasteiger partial charge < -0.3 is 10.2 Å². The van der Waals surface area contributed by atoms with E-state index in [-0.39, 0.29) is 24.2 Å². The maximum Gasteiger partial charge on any atom is 0.230 e. The van der Waals surface area contributed by atoms with Gasteiger partial charge in [0, 0.05) is 24.6 Å². The minimum absolute atomic E-state index is 0.0109. The van der Waals surface area contributed by atoms with Crippen molar-refractivity contribution in [3.8, 4) is 0 Å². The van der Waals surface area contributed by atoms with Gasteiger partial charge in [-0.05, 0) is 37.1 Å². The molecular formula is C22H22N4O2S. The van der Waals surface area contributed by atoms with Gasteiger partial charge >= 0.3 is 0 Å². The normalized spacial score (nSPS) is 16.3. The second-order valence-corrected chi connectivity index (χ2v) is 8.41. The monoisotopic (exact) mass is 406 g/mol.